The summed E-state index contributed by atoms with van der Waals surface area (Å²) in [6.07, 6.45) is 2.50. The first-order chi connectivity index (χ1) is 8.56. The molecule has 0 atom stereocenters. The summed E-state index contributed by atoms with van der Waals surface area (Å²) >= 11 is 0. The maximum atomic E-state index is 11.9. The van der Waals surface area contributed by atoms with Gasteiger partial charge in [-0.3, -0.25) is 9.48 Å². The number of carbonyl (C=O) groups excluding carboxylic acids is 1. The molecule has 0 saturated carbocycles. The molecule has 6 nitrogen and oxygen atoms in total. The molecule has 0 aliphatic heterocycles. The van der Waals surface area contributed by atoms with Crippen LogP contribution in [0.5, 0.6) is 0 Å². The van der Waals surface area contributed by atoms with Gasteiger partial charge in [0, 0.05) is 19.7 Å². The van der Waals surface area contributed by atoms with E-state index >= 15 is 0 Å². The van der Waals surface area contributed by atoms with Crippen molar-refractivity contribution in [1.29, 1.82) is 0 Å². The molecule has 1 aromatic heterocycles. The fourth-order valence-electron chi connectivity index (χ4n) is 1.56. The molecule has 0 bridgehead atoms. The zero-order valence-corrected chi connectivity index (χ0v) is 11.3. The minimum Gasteiger partial charge on any atom is -0.396 e. The molecule has 6 heteroatoms. The first-order valence-electron chi connectivity index (χ1n) is 6.27. The molecule has 1 rings (SSSR count). The number of nitrogens with zero attached hydrogens (tertiary/aromatic N) is 2. The third-order valence-corrected chi connectivity index (χ3v) is 2.44. The molecule has 1 heterocycles. The lowest BCUT2D eigenvalue weighted by molar-refractivity contribution is 0.0756. The SMILES string of the molecule is CCn1ncc(N)c1C(=O)NCCCOC(C)C. The van der Waals surface area contributed by atoms with Gasteiger partial charge in [0.2, 0.25) is 0 Å². The number of ether oxygens (including phenoxy) is 1. The zero-order valence-electron chi connectivity index (χ0n) is 11.3. The van der Waals surface area contributed by atoms with Crippen molar-refractivity contribution in [3.63, 3.8) is 0 Å². The molecular formula is C12H22N4O2. The predicted molar refractivity (Wildman–Crippen MR) is 70.4 cm³/mol. The summed E-state index contributed by atoms with van der Waals surface area (Å²) in [6, 6.07) is 0. The second-order valence-electron chi connectivity index (χ2n) is 4.29. The van der Waals surface area contributed by atoms with Crippen LogP contribution in [-0.4, -0.2) is 34.9 Å². The second-order valence-corrected chi connectivity index (χ2v) is 4.29. The summed E-state index contributed by atoms with van der Waals surface area (Å²) in [6.45, 7) is 7.72. The Kier molecular flexibility index (Phi) is 5.64. The van der Waals surface area contributed by atoms with E-state index in [0.717, 1.165) is 6.42 Å². The van der Waals surface area contributed by atoms with Crippen LogP contribution in [0.1, 0.15) is 37.7 Å². The molecular weight excluding hydrogens is 232 g/mol. The van der Waals surface area contributed by atoms with Crippen LogP contribution in [0, 0.1) is 0 Å². The molecule has 0 saturated heterocycles. The van der Waals surface area contributed by atoms with Crippen molar-refractivity contribution in [1.82, 2.24) is 15.1 Å². The Bertz CT molecular complexity index is 387. The van der Waals surface area contributed by atoms with Crippen LogP contribution in [0.25, 0.3) is 0 Å². The Morgan fingerprint density at radius 3 is 2.94 bits per heavy atom. The molecule has 1 aromatic rings. The van der Waals surface area contributed by atoms with E-state index in [1.165, 1.54) is 6.20 Å². The van der Waals surface area contributed by atoms with Gasteiger partial charge in [-0.15, -0.1) is 0 Å². The van der Waals surface area contributed by atoms with Crippen LogP contribution < -0.4 is 11.1 Å². The largest absolute Gasteiger partial charge is 0.396 e. The third kappa shape index (κ3) is 4.03. The highest BCUT2D eigenvalue weighted by Crippen LogP contribution is 2.10. The smallest absolute Gasteiger partial charge is 0.271 e. The van der Waals surface area contributed by atoms with Gasteiger partial charge >= 0.3 is 0 Å². The summed E-state index contributed by atoms with van der Waals surface area (Å²) in [7, 11) is 0. The average molecular weight is 254 g/mol. The molecule has 0 unspecified atom stereocenters. The van der Waals surface area contributed by atoms with Gasteiger partial charge in [-0.1, -0.05) is 0 Å². The van der Waals surface area contributed by atoms with Crippen LogP contribution in [0.2, 0.25) is 0 Å². The highest BCUT2D eigenvalue weighted by Gasteiger charge is 2.15. The van der Waals surface area contributed by atoms with Crippen molar-refractivity contribution >= 4 is 11.6 Å². The van der Waals surface area contributed by atoms with Crippen LogP contribution in [0.15, 0.2) is 6.20 Å². The predicted octanol–water partition coefficient (Wildman–Crippen LogP) is 1.03. The first kappa shape index (κ1) is 14.5. The van der Waals surface area contributed by atoms with Crippen LogP contribution in [0.4, 0.5) is 5.69 Å². The number of nitrogen functional groups attached to an aromatic ring is 1. The van der Waals surface area contributed by atoms with E-state index < -0.39 is 0 Å². The Balaban J connectivity index is 2.38. The highest BCUT2D eigenvalue weighted by atomic mass is 16.5. The van der Waals surface area contributed by atoms with E-state index in [0.29, 0.717) is 31.1 Å². The maximum absolute atomic E-state index is 11.9. The number of amides is 1. The van der Waals surface area contributed by atoms with Crippen molar-refractivity contribution < 1.29 is 9.53 Å². The van der Waals surface area contributed by atoms with E-state index in [1.54, 1.807) is 4.68 Å². The molecule has 18 heavy (non-hydrogen) atoms. The van der Waals surface area contributed by atoms with Crippen molar-refractivity contribution in [3.05, 3.63) is 11.9 Å². The number of nitrogens with two attached hydrogens (primary N) is 1. The van der Waals surface area contributed by atoms with Crippen LogP contribution in [-0.2, 0) is 11.3 Å². The molecule has 0 fully saturated rings. The van der Waals surface area contributed by atoms with E-state index in [2.05, 4.69) is 10.4 Å². The minimum absolute atomic E-state index is 0.184. The van der Waals surface area contributed by atoms with E-state index in [9.17, 15) is 4.79 Å². The van der Waals surface area contributed by atoms with Crippen molar-refractivity contribution in [3.8, 4) is 0 Å². The van der Waals surface area contributed by atoms with Gasteiger partial charge in [-0.25, -0.2) is 0 Å². The fourth-order valence-corrected chi connectivity index (χ4v) is 1.56. The Morgan fingerprint density at radius 1 is 1.61 bits per heavy atom. The quantitative estimate of drug-likeness (QED) is 0.712. The first-order valence-corrected chi connectivity index (χ1v) is 6.27. The number of hydrogen-bond donors (Lipinski definition) is 2. The Morgan fingerprint density at radius 2 is 2.33 bits per heavy atom. The molecule has 3 N–H and O–H groups in total. The van der Waals surface area contributed by atoms with Crippen molar-refractivity contribution in [2.75, 3.05) is 18.9 Å². The lowest BCUT2D eigenvalue weighted by atomic mass is 10.3. The number of aromatic nitrogens is 2. The standard InChI is InChI=1S/C12H22N4O2/c1-4-16-11(10(13)8-15-16)12(17)14-6-5-7-18-9(2)3/h8-9H,4-7,13H2,1-3H3,(H,14,17). The topological polar surface area (TPSA) is 82.2 Å². The third-order valence-electron chi connectivity index (χ3n) is 2.44. The van der Waals surface area contributed by atoms with E-state index in [4.69, 9.17) is 10.5 Å². The van der Waals surface area contributed by atoms with Gasteiger partial charge in [0.25, 0.3) is 5.91 Å². The molecule has 1 amide bonds. The van der Waals surface area contributed by atoms with Crippen molar-refractivity contribution in [2.45, 2.75) is 39.8 Å². The summed E-state index contributed by atoms with van der Waals surface area (Å²) in [5.41, 5.74) is 6.56. The molecule has 102 valence electrons. The molecule has 0 radical (unpaired) electrons. The van der Waals surface area contributed by atoms with Crippen LogP contribution in [0.3, 0.4) is 0 Å². The van der Waals surface area contributed by atoms with Gasteiger partial charge in [-0.05, 0) is 27.2 Å². The van der Waals surface area contributed by atoms with Gasteiger partial charge in [0.05, 0.1) is 18.0 Å². The normalized spacial score (nSPS) is 10.9. The Hall–Kier alpha value is -1.56. The van der Waals surface area contributed by atoms with Gasteiger partial charge in [0.15, 0.2) is 0 Å². The summed E-state index contributed by atoms with van der Waals surface area (Å²) in [4.78, 5) is 11.9. The van der Waals surface area contributed by atoms with Gasteiger partial charge in [-0.2, -0.15) is 5.10 Å². The summed E-state index contributed by atoms with van der Waals surface area (Å²) in [5.74, 6) is -0.184. The number of anilines is 1. The average Bonchev–Trinajstić information content (AvgIpc) is 2.69. The molecule has 0 aromatic carbocycles. The fraction of sp³-hybridized carbons (Fsp3) is 0.667. The lowest BCUT2D eigenvalue weighted by Gasteiger charge is -2.09. The zero-order chi connectivity index (χ0) is 13.5. The van der Waals surface area contributed by atoms with Gasteiger partial charge in [0.1, 0.15) is 5.69 Å². The lowest BCUT2D eigenvalue weighted by Crippen LogP contribution is -2.28. The highest BCUT2D eigenvalue weighted by molar-refractivity contribution is 5.97. The number of nitrogens with one attached hydrogen (secondary N) is 1. The number of rotatable bonds is 7. The van der Waals surface area contributed by atoms with Crippen LogP contribution >= 0.6 is 0 Å². The monoisotopic (exact) mass is 254 g/mol. The Labute approximate surface area is 107 Å². The second kappa shape index (κ2) is 7.00. The molecule has 0 spiro atoms. The van der Waals surface area contributed by atoms with Crippen molar-refractivity contribution in [2.24, 2.45) is 0 Å². The molecule has 0 aliphatic carbocycles. The maximum Gasteiger partial charge on any atom is 0.271 e. The minimum atomic E-state index is -0.184. The number of aryl methyl sites for hydroxylation is 1. The number of hydrogen-bond acceptors (Lipinski definition) is 4. The number of carbonyl (C=O) groups is 1. The summed E-state index contributed by atoms with van der Waals surface area (Å²) in [5, 5.41) is 6.84. The molecule has 0 aliphatic rings. The van der Waals surface area contributed by atoms with Gasteiger partial charge < -0.3 is 15.8 Å². The van der Waals surface area contributed by atoms with E-state index in [-0.39, 0.29) is 12.0 Å². The summed E-state index contributed by atoms with van der Waals surface area (Å²) < 4.78 is 6.98. The van der Waals surface area contributed by atoms with E-state index in [1.807, 2.05) is 20.8 Å².